The molecule has 3 rings (SSSR count). The molecule has 2 aromatic heterocycles. The highest BCUT2D eigenvalue weighted by atomic mass is 32.1. The average molecular weight is 238 g/mol. The maximum atomic E-state index is 4.53. The van der Waals surface area contributed by atoms with Gasteiger partial charge in [0.15, 0.2) is 0 Å². The van der Waals surface area contributed by atoms with Gasteiger partial charge < -0.3 is 0 Å². The van der Waals surface area contributed by atoms with Gasteiger partial charge in [-0.15, -0.1) is 0 Å². The molecular weight excluding hydrogens is 228 g/mol. The van der Waals surface area contributed by atoms with Crippen LogP contribution in [0.25, 0.3) is 23.2 Å². The van der Waals surface area contributed by atoms with Crippen LogP contribution in [0.3, 0.4) is 0 Å². The fraction of sp³-hybridized carbons (Fsp3) is 0. The second kappa shape index (κ2) is 4.47. The number of thiophene rings is 1. The standard InChI is InChI=1S/C14H10N2S/c1-2-4-14-13(3-1)15-9-12(16-14)6-5-11-7-8-17-10-11/h1-10H/b6-5+. The predicted molar refractivity (Wildman–Crippen MR) is 72.8 cm³/mol. The molecule has 0 bridgehead atoms. The van der Waals surface area contributed by atoms with Crippen molar-refractivity contribution < 1.29 is 0 Å². The van der Waals surface area contributed by atoms with Gasteiger partial charge in [-0.2, -0.15) is 11.3 Å². The number of aromatic nitrogens is 2. The van der Waals surface area contributed by atoms with E-state index in [0.717, 1.165) is 16.7 Å². The summed E-state index contributed by atoms with van der Waals surface area (Å²) in [4.78, 5) is 8.90. The summed E-state index contributed by atoms with van der Waals surface area (Å²) in [5, 5.41) is 4.16. The Kier molecular flexibility index (Phi) is 2.68. The van der Waals surface area contributed by atoms with Crippen LogP contribution >= 0.6 is 11.3 Å². The molecule has 0 aliphatic carbocycles. The van der Waals surface area contributed by atoms with E-state index in [1.54, 1.807) is 17.5 Å². The third kappa shape index (κ3) is 2.24. The highest BCUT2D eigenvalue weighted by Gasteiger charge is 1.95. The molecule has 2 heterocycles. The van der Waals surface area contributed by atoms with Crippen LogP contribution in [0.1, 0.15) is 11.3 Å². The number of hydrogen-bond acceptors (Lipinski definition) is 3. The van der Waals surface area contributed by atoms with Gasteiger partial charge in [-0.3, -0.25) is 4.98 Å². The summed E-state index contributed by atoms with van der Waals surface area (Å²) >= 11 is 1.69. The van der Waals surface area contributed by atoms with Crippen LogP contribution in [-0.4, -0.2) is 9.97 Å². The van der Waals surface area contributed by atoms with E-state index >= 15 is 0 Å². The number of nitrogens with zero attached hydrogens (tertiary/aromatic N) is 2. The second-order valence-corrected chi connectivity index (χ2v) is 4.45. The van der Waals surface area contributed by atoms with Crippen LogP contribution in [0.4, 0.5) is 0 Å². The Hall–Kier alpha value is -2.00. The zero-order valence-electron chi connectivity index (χ0n) is 9.08. The van der Waals surface area contributed by atoms with Crippen molar-refractivity contribution in [2.24, 2.45) is 0 Å². The van der Waals surface area contributed by atoms with Gasteiger partial charge >= 0.3 is 0 Å². The van der Waals surface area contributed by atoms with Gasteiger partial charge in [0.1, 0.15) is 0 Å². The quantitative estimate of drug-likeness (QED) is 0.677. The van der Waals surface area contributed by atoms with Crippen molar-refractivity contribution in [2.45, 2.75) is 0 Å². The molecule has 82 valence electrons. The van der Waals surface area contributed by atoms with Gasteiger partial charge in [0.05, 0.1) is 22.9 Å². The lowest BCUT2D eigenvalue weighted by Gasteiger charge is -1.97. The van der Waals surface area contributed by atoms with Crippen LogP contribution in [0.15, 0.2) is 47.3 Å². The molecule has 0 saturated carbocycles. The Bertz CT molecular complexity index is 657. The fourth-order valence-electron chi connectivity index (χ4n) is 1.60. The topological polar surface area (TPSA) is 25.8 Å². The van der Waals surface area contributed by atoms with Crippen LogP contribution in [0.2, 0.25) is 0 Å². The van der Waals surface area contributed by atoms with Crippen molar-refractivity contribution in [1.82, 2.24) is 9.97 Å². The van der Waals surface area contributed by atoms with E-state index in [0.29, 0.717) is 0 Å². The number of benzene rings is 1. The van der Waals surface area contributed by atoms with Gasteiger partial charge in [0, 0.05) is 0 Å². The average Bonchev–Trinajstić information content (AvgIpc) is 2.89. The van der Waals surface area contributed by atoms with Gasteiger partial charge in [0.25, 0.3) is 0 Å². The molecule has 3 aromatic rings. The molecule has 0 aliphatic heterocycles. The SMILES string of the molecule is C(=C\c1cnc2ccccc2n1)/c1ccsc1. The highest BCUT2D eigenvalue weighted by molar-refractivity contribution is 7.08. The minimum atomic E-state index is 0.884. The summed E-state index contributed by atoms with van der Waals surface area (Å²) in [5.74, 6) is 0. The number of para-hydroxylation sites is 2. The molecule has 0 saturated heterocycles. The van der Waals surface area contributed by atoms with Gasteiger partial charge in [-0.05, 0) is 40.6 Å². The van der Waals surface area contributed by atoms with Crippen LogP contribution in [-0.2, 0) is 0 Å². The van der Waals surface area contributed by atoms with Gasteiger partial charge in [0.2, 0.25) is 0 Å². The number of hydrogen-bond donors (Lipinski definition) is 0. The molecule has 0 aliphatic rings. The van der Waals surface area contributed by atoms with Crippen molar-refractivity contribution in [3.05, 3.63) is 58.5 Å². The molecule has 17 heavy (non-hydrogen) atoms. The first-order valence-corrected chi connectivity index (χ1v) is 6.28. The summed E-state index contributed by atoms with van der Waals surface area (Å²) in [5.41, 5.74) is 3.94. The lowest BCUT2D eigenvalue weighted by molar-refractivity contribution is 1.27. The first kappa shape index (κ1) is 10.2. The zero-order chi connectivity index (χ0) is 11.5. The normalized spacial score (nSPS) is 11.3. The maximum Gasteiger partial charge on any atom is 0.0894 e. The van der Waals surface area contributed by atoms with E-state index in [-0.39, 0.29) is 0 Å². The highest BCUT2D eigenvalue weighted by Crippen LogP contribution is 2.12. The Labute approximate surface area is 103 Å². The van der Waals surface area contributed by atoms with Crippen molar-refractivity contribution in [3.63, 3.8) is 0 Å². The Morgan fingerprint density at radius 3 is 2.71 bits per heavy atom. The summed E-state index contributed by atoms with van der Waals surface area (Å²) in [6, 6.07) is 9.97. The number of rotatable bonds is 2. The predicted octanol–water partition coefficient (Wildman–Crippen LogP) is 3.86. The molecule has 0 spiro atoms. The van der Waals surface area contributed by atoms with Gasteiger partial charge in [-0.1, -0.05) is 18.2 Å². The van der Waals surface area contributed by atoms with E-state index < -0.39 is 0 Å². The summed E-state index contributed by atoms with van der Waals surface area (Å²) < 4.78 is 0. The fourth-order valence-corrected chi connectivity index (χ4v) is 2.23. The van der Waals surface area contributed by atoms with E-state index in [9.17, 15) is 0 Å². The first-order chi connectivity index (χ1) is 8.42. The van der Waals surface area contributed by atoms with Crippen molar-refractivity contribution in [1.29, 1.82) is 0 Å². The molecule has 0 N–H and O–H groups in total. The minimum Gasteiger partial charge on any atom is -0.252 e. The van der Waals surface area contributed by atoms with Gasteiger partial charge in [-0.25, -0.2) is 4.98 Å². The lowest BCUT2D eigenvalue weighted by Crippen LogP contribution is -1.86. The van der Waals surface area contributed by atoms with Crippen molar-refractivity contribution in [2.75, 3.05) is 0 Å². The van der Waals surface area contributed by atoms with E-state index in [1.165, 1.54) is 5.56 Å². The van der Waals surface area contributed by atoms with Crippen LogP contribution in [0.5, 0.6) is 0 Å². The minimum absolute atomic E-state index is 0.884. The van der Waals surface area contributed by atoms with E-state index in [2.05, 4.69) is 32.9 Å². The Morgan fingerprint density at radius 2 is 1.88 bits per heavy atom. The Balaban J connectivity index is 1.96. The molecule has 0 fully saturated rings. The maximum absolute atomic E-state index is 4.53. The van der Waals surface area contributed by atoms with Crippen LogP contribution in [0, 0.1) is 0 Å². The largest absolute Gasteiger partial charge is 0.252 e. The van der Waals surface area contributed by atoms with Crippen molar-refractivity contribution in [3.8, 4) is 0 Å². The number of fused-ring (bicyclic) bond motifs is 1. The van der Waals surface area contributed by atoms with Crippen LogP contribution < -0.4 is 0 Å². The first-order valence-electron chi connectivity index (χ1n) is 5.34. The Morgan fingerprint density at radius 1 is 1.00 bits per heavy atom. The molecule has 2 nitrogen and oxygen atoms in total. The summed E-state index contributed by atoms with van der Waals surface area (Å²) in [6.07, 6.45) is 5.84. The monoisotopic (exact) mass is 238 g/mol. The third-order valence-corrected chi connectivity index (χ3v) is 3.16. The van der Waals surface area contributed by atoms with E-state index in [1.807, 2.05) is 30.3 Å². The summed E-state index contributed by atoms with van der Waals surface area (Å²) in [7, 11) is 0. The molecule has 1 aromatic carbocycles. The summed E-state index contributed by atoms with van der Waals surface area (Å²) in [6.45, 7) is 0. The molecule has 0 radical (unpaired) electrons. The third-order valence-electron chi connectivity index (χ3n) is 2.46. The smallest absolute Gasteiger partial charge is 0.0894 e. The zero-order valence-corrected chi connectivity index (χ0v) is 9.89. The molecule has 0 unspecified atom stereocenters. The van der Waals surface area contributed by atoms with Crippen molar-refractivity contribution >= 4 is 34.5 Å². The van der Waals surface area contributed by atoms with E-state index in [4.69, 9.17) is 0 Å². The molecule has 0 amide bonds. The molecular formula is C14H10N2S. The second-order valence-electron chi connectivity index (χ2n) is 3.67. The molecule has 0 atom stereocenters. The lowest BCUT2D eigenvalue weighted by atomic mass is 10.2. The molecule has 3 heteroatoms.